The molecule has 1 aromatic heterocycles. The lowest BCUT2D eigenvalue weighted by atomic mass is 10.2. The highest BCUT2D eigenvalue weighted by Crippen LogP contribution is 2.26. The zero-order valence-electron chi connectivity index (χ0n) is 16.3. The van der Waals surface area contributed by atoms with Crippen molar-refractivity contribution in [2.24, 2.45) is 0 Å². The van der Waals surface area contributed by atoms with Crippen LogP contribution in [0.3, 0.4) is 0 Å². The molecule has 0 aliphatic carbocycles. The van der Waals surface area contributed by atoms with Crippen molar-refractivity contribution in [3.63, 3.8) is 0 Å². The molecule has 28 heavy (non-hydrogen) atoms. The van der Waals surface area contributed by atoms with Crippen LogP contribution < -0.4 is 10.1 Å². The van der Waals surface area contributed by atoms with Gasteiger partial charge in [0.05, 0.1) is 12.4 Å². The maximum atomic E-state index is 12.5. The molecule has 0 spiro atoms. The van der Waals surface area contributed by atoms with Crippen molar-refractivity contribution in [3.05, 3.63) is 60.2 Å². The van der Waals surface area contributed by atoms with E-state index in [2.05, 4.69) is 15.5 Å². The SMILES string of the molecule is CCn1c(SC(C)C(=O)NCc2ccc(OC)cc2)nnc1-c1ccccc1. The zero-order valence-corrected chi connectivity index (χ0v) is 17.1. The molecule has 1 N–H and O–H groups in total. The third-order valence-corrected chi connectivity index (χ3v) is 5.42. The van der Waals surface area contributed by atoms with Gasteiger partial charge in [-0.15, -0.1) is 10.2 Å². The van der Waals surface area contributed by atoms with E-state index in [0.29, 0.717) is 6.54 Å². The minimum absolute atomic E-state index is 0.0345. The van der Waals surface area contributed by atoms with E-state index in [1.807, 2.05) is 73.0 Å². The van der Waals surface area contributed by atoms with Gasteiger partial charge in [-0.3, -0.25) is 4.79 Å². The number of thioether (sulfide) groups is 1. The topological polar surface area (TPSA) is 69.0 Å². The summed E-state index contributed by atoms with van der Waals surface area (Å²) in [4.78, 5) is 12.5. The van der Waals surface area contributed by atoms with Gasteiger partial charge in [0.2, 0.25) is 5.91 Å². The number of carbonyl (C=O) groups excluding carboxylic acids is 1. The van der Waals surface area contributed by atoms with Gasteiger partial charge in [0.25, 0.3) is 0 Å². The number of carbonyl (C=O) groups is 1. The lowest BCUT2D eigenvalue weighted by molar-refractivity contribution is -0.120. The van der Waals surface area contributed by atoms with Crippen LogP contribution in [0, 0.1) is 0 Å². The fraction of sp³-hybridized carbons (Fsp3) is 0.286. The summed E-state index contributed by atoms with van der Waals surface area (Å²) in [5.41, 5.74) is 2.04. The molecule has 0 saturated carbocycles. The van der Waals surface area contributed by atoms with Gasteiger partial charge < -0.3 is 14.6 Å². The number of hydrogen-bond donors (Lipinski definition) is 1. The van der Waals surface area contributed by atoms with Gasteiger partial charge in [0.15, 0.2) is 11.0 Å². The number of nitrogens with one attached hydrogen (secondary N) is 1. The quantitative estimate of drug-likeness (QED) is 0.587. The molecule has 2 aromatic carbocycles. The average molecular weight is 397 g/mol. The molecule has 0 aliphatic rings. The Balaban J connectivity index is 1.62. The number of methoxy groups -OCH3 is 1. The molecule has 0 aliphatic heterocycles. The normalized spacial score (nSPS) is 11.8. The van der Waals surface area contributed by atoms with E-state index in [-0.39, 0.29) is 11.2 Å². The van der Waals surface area contributed by atoms with Crippen LogP contribution in [0.5, 0.6) is 5.75 Å². The van der Waals surface area contributed by atoms with E-state index >= 15 is 0 Å². The standard InChI is InChI=1S/C21H24N4O2S/c1-4-25-19(17-8-6-5-7-9-17)23-24-21(25)28-15(2)20(26)22-14-16-10-12-18(27-3)13-11-16/h5-13,15H,4,14H2,1-3H3,(H,22,26). The van der Waals surface area contributed by atoms with Crippen LogP contribution in [0.1, 0.15) is 19.4 Å². The second-order valence-electron chi connectivity index (χ2n) is 6.24. The van der Waals surface area contributed by atoms with Gasteiger partial charge in [-0.05, 0) is 31.5 Å². The first-order valence-electron chi connectivity index (χ1n) is 9.18. The van der Waals surface area contributed by atoms with Gasteiger partial charge >= 0.3 is 0 Å². The number of nitrogens with zero attached hydrogens (tertiary/aromatic N) is 3. The van der Waals surface area contributed by atoms with Crippen LogP contribution in [0.15, 0.2) is 59.8 Å². The van der Waals surface area contributed by atoms with Gasteiger partial charge in [-0.25, -0.2) is 0 Å². The van der Waals surface area contributed by atoms with Gasteiger partial charge in [-0.2, -0.15) is 0 Å². The van der Waals surface area contributed by atoms with Gasteiger partial charge in [0, 0.05) is 18.7 Å². The number of rotatable bonds is 8. The third kappa shape index (κ3) is 4.72. The summed E-state index contributed by atoms with van der Waals surface area (Å²) in [7, 11) is 1.63. The molecule has 1 heterocycles. The highest BCUT2D eigenvalue weighted by molar-refractivity contribution is 8.00. The second-order valence-corrected chi connectivity index (χ2v) is 7.55. The van der Waals surface area contributed by atoms with Crippen LogP contribution in [-0.2, 0) is 17.9 Å². The van der Waals surface area contributed by atoms with Crippen LogP contribution >= 0.6 is 11.8 Å². The molecule has 0 radical (unpaired) electrons. The minimum atomic E-state index is -0.281. The molecule has 0 bridgehead atoms. The monoisotopic (exact) mass is 396 g/mol. The lowest BCUT2D eigenvalue weighted by Gasteiger charge is -2.13. The van der Waals surface area contributed by atoms with Crippen LogP contribution in [0.4, 0.5) is 0 Å². The largest absolute Gasteiger partial charge is 0.497 e. The van der Waals surface area contributed by atoms with Crippen LogP contribution in [0.2, 0.25) is 0 Å². The van der Waals surface area contributed by atoms with E-state index in [0.717, 1.165) is 34.4 Å². The number of benzene rings is 2. The summed E-state index contributed by atoms with van der Waals surface area (Å²) in [5, 5.41) is 12.1. The zero-order chi connectivity index (χ0) is 19.9. The van der Waals surface area contributed by atoms with Crippen LogP contribution in [0.25, 0.3) is 11.4 Å². The predicted octanol–water partition coefficient (Wildman–Crippen LogP) is 3.77. The maximum absolute atomic E-state index is 12.5. The van der Waals surface area contributed by atoms with Gasteiger partial charge in [0.1, 0.15) is 5.75 Å². The van der Waals surface area contributed by atoms with Crippen molar-refractivity contribution in [2.45, 2.75) is 37.3 Å². The maximum Gasteiger partial charge on any atom is 0.233 e. The molecular weight excluding hydrogens is 372 g/mol. The molecule has 3 aromatic rings. The molecule has 0 saturated heterocycles. The first kappa shape index (κ1) is 19.9. The molecule has 1 unspecified atom stereocenters. The molecular formula is C21H24N4O2S. The summed E-state index contributed by atoms with van der Waals surface area (Å²) in [5.74, 6) is 1.58. The Kier molecular flexibility index (Phi) is 6.71. The summed E-state index contributed by atoms with van der Waals surface area (Å²) < 4.78 is 7.18. The smallest absolute Gasteiger partial charge is 0.233 e. The predicted molar refractivity (Wildman–Crippen MR) is 111 cm³/mol. The Morgan fingerprint density at radius 1 is 1.14 bits per heavy atom. The molecule has 3 rings (SSSR count). The Bertz CT molecular complexity index is 910. The van der Waals surface area contributed by atoms with E-state index in [1.54, 1.807) is 7.11 Å². The molecule has 6 nitrogen and oxygen atoms in total. The Morgan fingerprint density at radius 2 is 1.86 bits per heavy atom. The summed E-state index contributed by atoms with van der Waals surface area (Å²) in [6, 6.07) is 17.6. The fourth-order valence-electron chi connectivity index (χ4n) is 2.75. The Labute approximate surface area is 169 Å². The van der Waals surface area contributed by atoms with Crippen molar-refractivity contribution in [2.75, 3.05) is 7.11 Å². The van der Waals surface area contributed by atoms with Crippen molar-refractivity contribution in [3.8, 4) is 17.1 Å². The minimum Gasteiger partial charge on any atom is -0.497 e. The number of ether oxygens (including phenoxy) is 1. The van der Waals surface area contributed by atoms with Gasteiger partial charge in [-0.1, -0.05) is 54.2 Å². The average Bonchev–Trinajstić information content (AvgIpc) is 3.15. The number of amides is 1. The Morgan fingerprint density at radius 3 is 2.50 bits per heavy atom. The molecule has 1 atom stereocenters. The fourth-order valence-corrected chi connectivity index (χ4v) is 3.69. The van der Waals surface area contributed by atoms with E-state index in [4.69, 9.17) is 4.74 Å². The molecule has 1 amide bonds. The van der Waals surface area contributed by atoms with Crippen molar-refractivity contribution in [1.29, 1.82) is 0 Å². The second kappa shape index (κ2) is 9.41. The third-order valence-electron chi connectivity index (χ3n) is 4.34. The van der Waals surface area contributed by atoms with E-state index in [9.17, 15) is 4.79 Å². The molecule has 7 heteroatoms. The number of aromatic nitrogens is 3. The van der Waals surface area contributed by atoms with Crippen molar-refractivity contribution < 1.29 is 9.53 Å². The highest BCUT2D eigenvalue weighted by atomic mass is 32.2. The summed E-state index contributed by atoms with van der Waals surface area (Å²) >= 11 is 1.42. The van der Waals surface area contributed by atoms with E-state index in [1.165, 1.54) is 11.8 Å². The lowest BCUT2D eigenvalue weighted by Crippen LogP contribution is -2.30. The van der Waals surface area contributed by atoms with Crippen molar-refractivity contribution >= 4 is 17.7 Å². The summed E-state index contributed by atoms with van der Waals surface area (Å²) in [6.07, 6.45) is 0. The molecule has 0 fully saturated rings. The summed E-state index contributed by atoms with van der Waals surface area (Å²) in [6.45, 7) is 5.14. The van der Waals surface area contributed by atoms with Crippen LogP contribution in [-0.4, -0.2) is 33.0 Å². The first-order valence-corrected chi connectivity index (χ1v) is 10.1. The Hall–Kier alpha value is -2.80. The van der Waals surface area contributed by atoms with E-state index < -0.39 is 0 Å². The van der Waals surface area contributed by atoms with Crippen molar-refractivity contribution in [1.82, 2.24) is 20.1 Å². The first-order chi connectivity index (χ1) is 13.6. The molecule has 146 valence electrons. The number of hydrogen-bond acceptors (Lipinski definition) is 5. The highest BCUT2D eigenvalue weighted by Gasteiger charge is 2.20.